The first-order valence-electron chi connectivity index (χ1n) is 9.88. The maximum Gasteiger partial charge on any atom is 0.192 e. The Morgan fingerprint density at radius 1 is 1.25 bits per heavy atom. The molecule has 1 saturated heterocycles. The van der Waals surface area contributed by atoms with Gasteiger partial charge in [-0.05, 0) is 55.8 Å². The molecular weight excluding hydrogens is 316 g/mol. The molecule has 0 bridgehead atoms. The smallest absolute Gasteiger partial charge is 0.192 e. The van der Waals surface area contributed by atoms with E-state index in [0.29, 0.717) is 0 Å². The van der Waals surface area contributed by atoms with E-state index in [1.807, 2.05) is 0 Å². The Morgan fingerprint density at radius 3 is 2.58 bits per heavy atom. The molecule has 0 aromatic rings. The van der Waals surface area contributed by atoms with E-state index in [9.17, 15) is 0 Å². The average Bonchev–Trinajstić information content (AvgIpc) is 2.86. The fraction of sp³-hybridized carbons (Fsp3) is 0.900. The SMILES string of the molecule is CCCCC1=C[C@@H](OC2CCCCO2)C[C@@H]1O[Si](C)(C)C(C)(C)C. The molecule has 140 valence electrons. The molecule has 4 heteroatoms. The van der Waals surface area contributed by atoms with Crippen molar-refractivity contribution in [1.29, 1.82) is 0 Å². The van der Waals surface area contributed by atoms with Crippen LogP contribution >= 0.6 is 0 Å². The number of unbranched alkanes of at least 4 members (excludes halogenated alkanes) is 1. The van der Waals surface area contributed by atoms with Crippen LogP contribution in [-0.4, -0.2) is 33.4 Å². The van der Waals surface area contributed by atoms with Crippen LogP contribution in [0, 0.1) is 0 Å². The summed E-state index contributed by atoms with van der Waals surface area (Å²) in [7, 11) is -1.76. The lowest BCUT2D eigenvalue weighted by Crippen LogP contribution is -2.44. The van der Waals surface area contributed by atoms with Crippen LogP contribution in [0.1, 0.15) is 72.6 Å². The van der Waals surface area contributed by atoms with E-state index < -0.39 is 8.32 Å². The standard InChI is InChI=1S/C20H38O3Si/c1-7-8-11-16-14-17(22-19-12-9-10-13-21-19)15-18(16)23-24(5,6)20(2,3)4/h14,17-19H,7-13,15H2,1-6H3/t17-,18+,19?/m1/s1. The Balaban J connectivity index is 2.00. The molecule has 0 amide bonds. The average molecular weight is 355 g/mol. The van der Waals surface area contributed by atoms with Crippen molar-refractivity contribution < 1.29 is 13.9 Å². The molecule has 1 heterocycles. The topological polar surface area (TPSA) is 27.7 Å². The fourth-order valence-corrected chi connectivity index (χ4v) is 4.48. The van der Waals surface area contributed by atoms with Gasteiger partial charge in [-0.1, -0.05) is 40.2 Å². The van der Waals surface area contributed by atoms with Crippen molar-refractivity contribution >= 4 is 8.32 Å². The van der Waals surface area contributed by atoms with Crippen LogP contribution in [-0.2, 0) is 13.9 Å². The summed E-state index contributed by atoms with van der Waals surface area (Å²) >= 11 is 0. The molecule has 2 aliphatic rings. The van der Waals surface area contributed by atoms with Gasteiger partial charge >= 0.3 is 0 Å². The summed E-state index contributed by atoms with van der Waals surface area (Å²) in [5.41, 5.74) is 1.46. The zero-order valence-corrected chi connectivity index (χ0v) is 17.7. The molecule has 0 saturated carbocycles. The Bertz CT molecular complexity index is 419. The Morgan fingerprint density at radius 2 is 2.00 bits per heavy atom. The lowest BCUT2D eigenvalue weighted by atomic mass is 10.1. The minimum absolute atomic E-state index is 0.0148. The van der Waals surface area contributed by atoms with E-state index >= 15 is 0 Å². The van der Waals surface area contributed by atoms with Crippen molar-refractivity contribution in [2.24, 2.45) is 0 Å². The van der Waals surface area contributed by atoms with E-state index in [1.165, 1.54) is 31.3 Å². The summed E-state index contributed by atoms with van der Waals surface area (Å²) in [5, 5.41) is 0.244. The maximum absolute atomic E-state index is 6.74. The highest BCUT2D eigenvalue weighted by molar-refractivity contribution is 6.74. The molecule has 1 aliphatic heterocycles. The maximum atomic E-state index is 6.74. The van der Waals surface area contributed by atoms with Gasteiger partial charge in [-0.3, -0.25) is 0 Å². The van der Waals surface area contributed by atoms with Gasteiger partial charge in [-0.25, -0.2) is 0 Å². The summed E-state index contributed by atoms with van der Waals surface area (Å²) in [5.74, 6) is 0. The van der Waals surface area contributed by atoms with Crippen molar-refractivity contribution in [3.8, 4) is 0 Å². The van der Waals surface area contributed by atoms with E-state index in [2.05, 4.69) is 46.9 Å². The Hall–Kier alpha value is -0.163. The first kappa shape index (κ1) is 20.2. The Labute approximate surface area is 150 Å². The second-order valence-electron chi connectivity index (χ2n) is 8.92. The third-order valence-corrected chi connectivity index (χ3v) is 10.3. The minimum Gasteiger partial charge on any atom is -0.410 e. The third-order valence-electron chi connectivity index (χ3n) is 5.79. The normalized spacial score (nSPS) is 28.9. The van der Waals surface area contributed by atoms with Crippen molar-refractivity contribution in [3.05, 3.63) is 11.6 Å². The van der Waals surface area contributed by atoms with Crippen LogP contribution in [0.15, 0.2) is 11.6 Å². The van der Waals surface area contributed by atoms with E-state index in [4.69, 9.17) is 13.9 Å². The van der Waals surface area contributed by atoms with Crippen LogP contribution in [0.3, 0.4) is 0 Å². The fourth-order valence-electron chi connectivity index (χ4n) is 3.17. The molecule has 0 aromatic heterocycles. The molecule has 3 nitrogen and oxygen atoms in total. The first-order chi connectivity index (χ1) is 11.2. The van der Waals surface area contributed by atoms with Crippen LogP contribution in [0.2, 0.25) is 18.1 Å². The lowest BCUT2D eigenvalue weighted by Gasteiger charge is -2.39. The van der Waals surface area contributed by atoms with Gasteiger partial charge in [0.1, 0.15) is 0 Å². The summed E-state index contributed by atoms with van der Waals surface area (Å²) in [6.45, 7) is 14.7. The second kappa shape index (κ2) is 8.48. The molecule has 2 rings (SSSR count). The van der Waals surface area contributed by atoms with E-state index in [0.717, 1.165) is 25.9 Å². The van der Waals surface area contributed by atoms with Crippen molar-refractivity contribution in [1.82, 2.24) is 0 Å². The predicted molar refractivity (Wildman–Crippen MR) is 103 cm³/mol. The van der Waals surface area contributed by atoms with Crippen LogP contribution in [0.25, 0.3) is 0 Å². The summed E-state index contributed by atoms with van der Waals surface area (Å²) in [6.07, 6.45) is 10.7. The first-order valence-corrected chi connectivity index (χ1v) is 12.8. The monoisotopic (exact) mass is 354 g/mol. The van der Waals surface area contributed by atoms with E-state index in [1.54, 1.807) is 0 Å². The molecule has 0 N–H and O–H groups in total. The number of ether oxygens (including phenoxy) is 2. The summed E-state index contributed by atoms with van der Waals surface area (Å²) < 4.78 is 18.7. The molecule has 0 radical (unpaired) electrons. The van der Waals surface area contributed by atoms with Gasteiger partial charge in [0, 0.05) is 13.0 Å². The van der Waals surface area contributed by atoms with Crippen molar-refractivity contribution in [2.45, 2.75) is 109 Å². The van der Waals surface area contributed by atoms with Gasteiger partial charge in [-0.2, -0.15) is 0 Å². The van der Waals surface area contributed by atoms with Gasteiger partial charge in [0.25, 0.3) is 0 Å². The molecule has 0 aromatic carbocycles. The molecular formula is C20H38O3Si. The van der Waals surface area contributed by atoms with Gasteiger partial charge in [0.15, 0.2) is 14.6 Å². The molecule has 24 heavy (non-hydrogen) atoms. The predicted octanol–water partition coefficient (Wildman–Crippen LogP) is 5.81. The zero-order chi connectivity index (χ0) is 17.8. The van der Waals surface area contributed by atoms with Crippen molar-refractivity contribution in [3.63, 3.8) is 0 Å². The highest BCUT2D eigenvalue weighted by Gasteiger charge is 2.41. The van der Waals surface area contributed by atoms with Crippen LogP contribution in [0.4, 0.5) is 0 Å². The minimum atomic E-state index is -1.76. The summed E-state index contributed by atoms with van der Waals surface area (Å²) in [6, 6.07) is 0. The number of hydrogen-bond acceptors (Lipinski definition) is 3. The molecule has 1 fully saturated rings. The molecule has 1 aliphatic carbocycles. The quantitative estimate of drug-likeness (QED) is 0.426. The van der Waals surface area contributed by atoms with Gasteiger partial charge < -0.3 is 13.9 Å². The zero-order valence-electron chi connectivity index (χ0n) is 16.7. The molecule has 0 spiro atoms. The molecule has 1 unspecified atom stereocenters. The lowest BCUT2D eigenvalue weighted by molar-refractivity contribution is -0.179. The Kier molecular flexibility index (Phi) is 7.12. The van der Waals surface area contributed by atoms with Gasteiger partial charge in [0.05, 0.1) is 12.2 Å². The van der Waals surface area contributed by atoms with Crippen LogP contribution < -0.4 is 0 Å². The second-order valence-corrected chi connectivity index (χ2v) is 13.7. The van der Waals surface area contributed by atoms with Crippen LogP contribution in [0.5, 0.6) is 0 Å². The molecule has 3 atom stereocenters. The summed E-state index contributed by atoms with van der Waals surface area (Å²) in [4.78, 5) is 0. The largest absolute Gasteiger partial charge is 0.410 e. The third kappa shape index (κ3) is 5.42. The number of rotatable bonds is 7. The van der Waals surface area contributed by atoms with Gasteiger partial charge in [-0.15, -0.1) is 0 Å². The highest BCUT2D eigenvalue weighted by Crippen LogP contribution is 2.41. The van der Waals surface area contributed by atoms with Crippen molar-refractivity contribution in [2.75, 3.05) is 6.61 Å². The van der Waals surface area contributed by atoms with E-state index in [-0.39, 0.29) is 23.5 Å². The van der Waals surface area contributed by atoms with Gasteiger partial charge in [0.2, 0.25) is 0 Å². The number of hydrogen-bond donors (Lipinski definition) is 0. The highest BCUT2D eigenvalue weighted by atomic mass is 28.4.